The molecule has 132 valence electrons. The molecule has 0 saturated carbocycles. The molecule has 3 heterocycles. The summed E-state index contributed by atoms with van der Waals surface area (Å²) in [4.78, 5) is 32.0. The molecule has 2 aromatic heterocycles. The van der Waals surface area contributed by atoms with Gasteiger partial charge in [-0.05, 0) is 51.2 Å². The lowest BCUT2D eigenvalue weighted by atomic mass is 10.1. The molecule has 6 nitrogen and oxygen atoms in total. The average molecular weight is 347 g/mol. The van der Waals surface area contributed by atoms with Crippen LogP contribution < -0.4 is 10.5 Å². The molecular weight excluding hydrogens is 326 g/mol. The first-order valence-electron chi connectivity index (χ1n) is 9.33. The highest BCUT2D eigenvalue weighted by Crippen LogP contribution is 2.38. The van der Waals surface area contributed by atoms with Crippen molar-refractivity contribution in [2.24, 2.45) is 0 Å². The van der Waals surface area contributed by atoms with E-state index in [1.807, 2.05) is 31.2 Å². The maximum absolute atomic E-state index is 12.5. The molecule has 0 bridgehead atoms. The number of fused-ring (bicyclic) bond motifs is 2. The van der Waals surface area contributed by atoms with E-state index in [1.165, 1.54) is 11.3 Å². The normalized spacial score (nSPS) is 19.3. The molecule has 1 N–H and O–H groups in total. The number of H-pyrrole nitrogens is 1. The molecule has 1 fully saturated rings. The highest BCUT2D eigenvalue weighted by atomic mass is 16.1. The van der Waals surface area contributed by atoms with Gasteiger partial charge in [-0.3, -0.25) is 4.79 Å². The molecule has 0 amide bonds. The zero-order valence-electron chi connectivity index (χ0n) is 14.8. The van der Waals surface area contributed by atoms with E-state index in [4.69, 9.17) is 9.97 Å². The SMILES string of the molecule is Cc1nc2c(c(N3CCCC3c3nc4ccccc4c(=O)[nH]3)n1)CCC2. The minimum atomic E-state index is -0.0680. The molecule has 26 heavy (non-hydrogen) atoms. The van der Waals surface area contributed by atoms with Crippen LogP contribution in [0.5, 0.6) is 0 Å². The summed E-state index contributed by atoms with van der Waals surface area (Å²) in [5, 5.41) is 0.638. The third-order valence-electron chi connectivity index (χ3n) is 5.49. The van der Waals surface area contributed by atoms with Crippen molar-refractivity contribution < 1.29 is 0 Å². The second-order valence-electron chi connectivity index (χ2n) is 7.19. The predicted molar refractivity (Wildman–Crippen MR) is 100 cm³/mol. The summed E-state index contributed by atoms with van der Waals surface area (Å²) in [6, 6.07) is 7.57. The largest absolute Gasteiger partial charge is 0.346 e. The van der Waals surface area contributed by atoms with E-state index in [9.17, 15) is 4.79 Å². The van der Waals surface area contributed by atoms with E-state index in [0.717, 1.165) is 61.6 Å². The zero-order chi connectivity index (χ0) is 17.7. The van der Waals surface area contributed by atoms with Gasteiger partial charge in [0.05, 0.1) is 16.9 Å². The quantitative estimate of drug-likeness (QED) is 0.771. The van der Waals surface area contributed by atoms with Crippen molar-refractivity contribution in [3.8, 4) is 0 Å². The number of nitrogens with one attached hydrogen (secondary N) is 1. The Labute approximate surface area is 151 Å². The lowest BCUT2D eigenvalue weighted by Crippen LogP contribution is -2.28. The van der Waals surface area contributed by atoms with Crippen molar-refractivity contribution in [2.45, 2.75) is 45.1 Å². The maximum Gasteiger partial charge on any atom is 0.258 e. The monoisotopic (exact) mass is 347 g/mol. The Balaban J connectivity index is 1.62. The standard InChI is InChI=1S/C20H21N5O/c1-12-21-15-9-4-7-13(15)19(22-12)25-11-5-10-17(25)18-23-16-8-3-2-6-14(16)20(26)24-18/h2-3,6,8,17H,4-5,7,9-11H2,1H3,(H,23,24,26). The van der Waals surface area contributed by atoms with Gasteiger partial charge in [-0.25, -0.2) is 15.0 Å². The van der Waals surface area contributed by atoms with E-state index < -0.39 is 0 Å². The highest BCUT2D eigenvalue weighted by molar-refractivity contribution is 5.77. The van der Waals surface area contributed by atoms with Gasteiger partial charge in [0.2, 0.25) is 0 Å². The fourth-order valence-corrected chi connectivity index (χ4v) is 4.34. The molecule has 3 aromatic rings. The van der Waals surface area contributed by atoms with Gasteiger partial charge in [0.25, 0.3) is 5.56 Å². The van der Waals surface area contributed by atoms with Crippen molar-refractivity contribution in [1.82, 2.24) is 19.9 Å². The van der Waals surface area contributed by atoms with Gasteiger partial charge in [0.15, 0.2) is 0 Å². The summed E-state index contributed by atoms with van der Waals surface area (Å²) in [6.45, 7) is 2.90. The van der Waals surface area contributed by atoms with Crippen LogP contribution in [0.4, 0.5) is 5.82 Å². The van der Waals surface area contributed by atoms with Crippen LogP contribution in [0.15, 0.2) is 29.1 Å². The molecular formula is C20H21N5O. The number of aromatic amines is 1. The Morgan fingerprint density at radius 2 is 2.00 bits per heavy atom. The third-order valence-corrected chi connectivity index (χ3v) is 5.49. The van der Waals surface area contributed by atoms with Crippen LogP contribution in [-0.2, 0) is 12.8 Å². The molecule has 1 saturated heterocycles. The minimum Gasteiger partial charge on any atom is -0.346 e. The van der Waals surface area contributed by atoms with Crippen molar-refractivity contribution in [3.05, 3.63) is 57.5 Å². The Kier molecular flexibility index (Phi) is 3.51. The molecule has 0 spiro atoms. The number of aryl methyl sites for hydroxylation is 2. The number of para-hydroxylation sites is 1. The number of rotatable bonds is 2. The number of benzene rings is 1. The topological polar surface area (TPSA) is 74.8 Å². The predicted octanol–water partition coefficient (Wildman–Crippen LogP) is 2.85. The van der Waals surface area contributed by atoms with Crippen molar-refractivity contribution >= 4 is 16.7 Å². The summed E-state index contributed by atoms with van der Waals surface area (Å²) in [7, 11) is 0. The van der Waals surface area contributed by atoms with Crippen LogP contribution in [0.3, 0.4) is 0 Å². The second-order valence-corrected chi connectivity index (χ2v) is 7.19. The number of nitrogens with zero attached hydrogens (tertiary/aromatic N) is 4. The van der Waals surface area contributed by atoms with Crippen LogP contribution >= 0.6 is 0 Å². The van der Waals surface area contributed by atoms with Gasteiger partial charge in [0.1, 0.15) is 17.5 Å². The van der Waals surface area contributed by atoms with Crippen LogP contribution in [0, 0.1) is 6.92 Å². The van der Waals surface area contributed by atoms with Gasteiger partial charge in [-0.1, -0.05) is 12.1 Å². The van der Waals surface area contributed by atoms with Crippen LogP contribution in [-0.4, -0.2) is 26.5 Å². The second kappa shape index (κ2) is 5.90. The minimum absolute atomic E-state index is 0.0614. The summed E-state index contributed by atoms with van der Waals surface area (Å²) in [5.74, 6) is 2.61. The third kappa shape index (κ3) is 2.40. The van der Waals surface area contributed by atoms with Crippen LogP contribution in [0.2, 0.25) is 0 Å². The smallest absolute Gasteiger partial charge is 0.258 e. The molecule has 6 heteroatoms. The first-order valence-corrected chi connectivity index (χ1v) is 9.33. The van der Waals surface area contributed by atoms with E-state index in [2.05, 4.69) is 14.9 Å². The molecule has 2 aliphatic rings. The van der Waals surface area contributed by atoms with Gasteiger partial charge < -0.3 is 9.88 Å². The molecule has 0 radical (unpaired) electrons. The van der Waals surface area contributed by atoms with Gasteiger partial charge in [0, 0.05) is 17.8 Å². The fraction of sp³-hybridized carbons (Fsp3) is 0.400. The van der Waals surface area contributed by atoms with Crippen LogP contribution in [0.1, 0.15) is 48.2 Å². The summed E-state index contributed by atoms with van der Waals surface area (Å²) in [6.07, 6.45) is 5.26. The van der Waals surface area contributed by atoms with E-state index in [1.54, 1.807) is 0 Å². The Hall–Kier alpha value is -2.76. The summed E-state index contributed by atoms with van der Waals surface area (Å²) >= 11 is 0. The Morgan fingerprint density at radius 3 is 2.92 bits per heavy atom. The average Bonchev–Trinajstić information content (AvgIpc) is 3.30. The Bertz CT molecular complexity index is 1060. The van der Waals surface area contributed by atoms with Crippen molar-refractivity contribution in [1.29, 1.82) is 0 Å². The molecule has 1 unspecified atom stereocenters. The van der Waals surface area contributed by atoms with Gasteiger partial charge >= 0.3 is 0 Å². The zero-order valence-corrected chi connectivity index (χ0v) is 14.8. The first kappa shape index (κ1) is 15.5. The van der Waals surface area contributed by atoms with Crippen LogP contribution in [0.25, 0.3) is 10.9 Å². The fourth-order valence-electron chi connectivity index (χ4n) is 4.34. The van der Waals surface area contributed by atoms with Gasteiger partial charge in [-0.15, -0.1) is 0 Å². The molecule has 5 rings (SSSR count). The van der Waals surface area contributed by atoms with Crippen molar-refractivity contribution in [2.75, 3.05) is 11.4 Å². The Morgan fingerprint density at radius 1 is 1.12 bits per heavy atom. The van der Waals surface area contributed by atoms with E-state index in [0.29, 0.717) is 5.39 Å². The number of anilines is 1. The maximum atomic E-state index is 12.5. The number of hydrogen-bond donors (Lipinski definition) is 1. The summed E-state index contributed by atoms with van der Waals surface area (Å²) < 4.78 is 0. The first-order chi connectivity index (χ1) is 12.7. The highest BCUT2D eigenvalue weighted by Gasteiger charge is 2.32. The molecule has 1 atom stereocenters. The van der Waals surface area contributed by atoms with Crippen molar-refractivity contribution in [3.63, 3.8) is 0 Å². The van der Waals surface area contributed by atoms with E-state index in [-0.39, 0.29) is 11.6 Å². The lowest BCUT2D eigenvalue weighted by molar-refractivity contribution is 0.657. The lowest BCUT2D eigenvalue weighted by Gasteiger charge is -2.27. The number of hydrogen-bond acceptors (Lipinski definition) is 5. The molecule has 1 aliphatic carbocycles. The van der Waals surface area contributed by atoms with Gasteiger partial charge in [-0.2, -0.15) is 0 Å². The number of aromatic nitrogens is 4. The molecule has 1 aliphatic heterocycles. The summed E-state index contributed by atoms with van der Waals surface area (Å²) in [5.41, 5.74) is 3.16. The molecule has 1 aromatic carbocycles. The van der Waals surface area contributed by atoms with E-state index >= 15 is 0 Å².